The van der Waals surface area contributed by atoms with E-state index in [0.29, 0.717) is 12.1 Å². The molecular formula is C19H20N2O3. The Hall–Kier alpha value is -2.82. The minimum absolute atomic E-state index is 0.0518. The average molecular weight is 324 g/mol. The van der Waals surface area contributed by atoms with Crippen LogP contribution in [0.25, 0.3) is 0 Å². The highest BCUT2D eigenvalue weighted by molar-refractivity contribution is 6.07. The Bertz CT molecular complexity index is 812. The Morgan fingerprint density at radius 2 is 1.96 bits per heavy atom. The van der Waals surface area contributed by atoms with Gasteiger partial charge < -0.3 is 15.4 Å². The van der Waals surface area contributed by atoms with Crippen molar-refractivity contribution in [2.45, 2.75) is 25.8 Å². The molecule has 0 fully saturated rings. The van der Waals surface area contributed by atoms with Crippen LogP contribution in [0.2, 0.25) is 0 Å². The van der Waals surface area contributed by atoms with Crippen molar-refractivity contribution in [2.75, 3.05) is 12.4 Å². The van der Waals surface area contributed by atoms with Crippen LogP contribution >= 0.6 is 0 Å². The molecule has 0 radical (unpaired) electrons. The zero-order valence-corrected chi connectivity index (χ0v) is 14.0. The number of carbonyl (C=O) groups excluding carboxylic acids is 2. The summed E-state index contributed by atoms with van der Waals surface area (Å²) < 4.78 is 5.29. The number of carbonyl (C=O) groups is 2. The number of amides is 2. The summed E-state index contributed by atoms with van der Waals surface area (Å²) in [5.41, 5.74) is 2.43. The Morgan fingerprint density at radius 1 is 1.21 bits per heavy atom. The Morgan fingerprint density at radius 3 is 2.71 bits per heavy atom. The molecule has 0 aliphatic carbocycles. The second-order valence-corrected chi connectivity index (χ2v) is 6.33. The van der Waals surface area contributed by atoms with E-state index in [1.54, 1.807) is 25.3 Å². The van der Waals surface area contributed by atoms with Crippen LogP contribution in [-0.4, -0.2) is 18.9 Å². The molecule has 24 heavy (non-hydrogen) atoms. The number of rotatable bonds is 4. The summed E-state index contributed by atoms with van der Waals surface area (Å²) in [5.74, 6) is 0.505. The van der Waals surface area contributed by atoms with Crippen LogP contribution in [0.4, 0.5) is 5.69 Å². The number of ether oxygens (including phenoxy) is 1. The zero-order valence-electron chi connectivity index (χ0n) is 14.0. The van der Waals surface area contributed by atoms with Gasteiger partial charge in [0, 0.05) is 23.4 Å². The molecule has 0 aromatic heterocycles. The number of benzene rings is 2. The molecule has 124 valence electrons. The molecule has 0 saturated carbocycles. The molecule has 1 aliphatic heterocycles. The molecule has 0 spiro atoms. The Balaban J connectivity index is 1.77. The Labute approximate surface area is 141 Å². The van der Waals surface area contributed by atoms with Crippen molar-refractivity contribution in [3.63, 3.8) is 0 Å². The number of nitrogens with one attached hydrogen (secondary N) is 2. The smallest absolute Gasteiger partial charge is 0.251 e. The van der Waals surface area contributed by atoms with Crippen molar-refractivity contribution < 1.29 is 14.3 Å². The molecule has 0 unspecified atom stereocenters. The van der Waals surface area contributed by atoms with Gasteiger partial charge in [-0.1, -0.05) is 18.2 Å². The van der Waals surface area contributed by atoms with Crippen LogP contribution in [-0.2, 0) is 16.8 Å². The van der Waals surface area contributed by atoms with Crippen molar-refractivity contribution in [2.24, 2.45) is 0 Å². The van der Waals surface area contributed by atoms with Gasteiger partial charge in [-0.2, -0.15) is 0 Å². The lowest BCUT2D eigenvalue weighted by Crippen LogP contribution is -2.27. The lowest BCUT2D eigenvalue weighted by atomic mass is 9.85. The molecule has 2 amide bonds. The van der Waals surface area contributed by atoms with Crippen molar-refractivity contribution in [1.29, 1.82) is 0 Å². The van der Waals surface area contributed by atoms with Gasteiger partial charge >= 0.3 is 0 Å². The molecule has 0 bridgehead atoms. The van der Waals surface area contributed by atoms with E-state index in [0.717, 1.165) is 22.6 Å². The number of fused-ring (bicyclic) bond motifs is 1. The predicted octanol–water partition coefficient (Wildman–Crippen LogP) is 2.85. The maximum atomic E-state index is 12.5. The average Bonchev–Trinajstić information content (AvgIpc) is 2.82. The molecule has 0 atom stereocenters. The van der Waals surface area contributed by atoms with Crippen molar-refractivity contribution >= 4 is 17.5 Å². The number of anilines is 1. The highest BCUT2D eigenvalue weighted by atomic mass is 16.5. The van der Waals surface area contributed by atoms with Crippen molar-refractivity contribution in [3.8, 4) is 5.75 Å². The summed E-state index contributed by atoms with van der Waals surface area (Å²) in [6.07, 6.45) is 0. The van der Waals surface area contributed by atoms with Gasteiger partial charge in [0.25, 0.3) is 5.91 Å². The normalized spacial score (nSPS) is 14.7. The van der Waals surface area contributed by atoms with Crippen LogP contribution in [0, 0.1) is 0 Å². The van der Waals surface area contributed by atoms with E-state index >= 15 is 0 Å². The maximum Gasteiger partial charge on any atom is 0.251 e. The first kappa shape index (κ1) is 16.1. The van der Waals surface area contributed by atoms with Crippen LogP contribution in [0.5, 0.6) is 5.75 Å². The third-order valence-electron chi connectivity index (χ3n) is 4.40. The summed E-state index contributed by atoms with van der Waals surface area (Å²) in [6, 6.07) is 12.8. The third-order valence-corrected chi connectivity index (χ3v) is 4.40. The maximum absolute atomic E-state index is 12.5. The summed E-state index contributed by atoms with van der Waals surface area (Å²) in [4.78, 5) is 24.4. The van der Waals surface area contributed by atoms with Gasteiger partial charge in [-0.3, -0.25) is 9.59 Å². The van der Waals surface area contributed by atoms with Gasteiger partial charge in [0.2, 0.25) is 5.91 Å². The van der Waals surface area contributed by atoms with Gasteiger partial charge in [0.1, 0.15) is 5.75 Å². The van der Waals surface area contributed by atoms with Crippen LogP contribution in [0.15, 0.2) is 42.5 Å². The standard InChI is InChI=1S/C19H20N2O3/c1-19(2)14-10-12(8-9-15(14)21-18(19)23)17(22)20-11-13-6-4-5-7-16(13)24-3/h4-10H,11H2,1-3H3,(H,20,22)(H,21,23). The molecule has 2 N–H and O–H groups in total. The third kappa shape index (κ3) is 2.73. The minimum atomic E-state index is -0.631. The van der Waals surface area contributed by atoms with Crippen molar-refractivity contribution in [1.82, 2.24) is 5.32 Å². The summed E-state index contributed by atoms with van der Waals surface area (Å²) >= 11 is 0. The predicted molar refractivity (Wildman–Crippen MR) is 92.3 cm³/mol. The van der Waals surface area contributed by atoms with Gasteiger partial charge in [-0.15, -0.1) is 0 Å². The SMILES string of the molecule is COc1ccccc1CNC(=O)c1ccc2c(c1)C(C)(C)C(=O)N2. The van der Waals surface area contributed by atoms with Gasteiger partial charge in [0.05, 0.1) is 12.5 Å². The van der Waals surface area contributed by atoms with E-state index in [9.17, 15) is 9.59 Å². The first-order valence-electron chi connectivity index (χ1n) is 7.79. The monoisotopic (exact) mass is 324 g/mol. The van der Waals surface area contributed by atoms with Crippen LogP contribution < -0.4 is 15.4 Å². The van der Waals surface area contributed by atoms with Gasteiger partial charge in [-0.25, -0.2) is 0 Å². The van der Waals surface area contributed by atoms with Crippen molar-refractivity contribution in [3.05, 3.63) is 59.2 Å². The fraction of sp³-hybridized carbons (Fsp3) is 0.263. The number of methoxy groups -OCH3 is 1. The first-order valence-corrected chi connectivity index (χ1v) is 7.79. The molecule has 2 aromatic carbocycles. The lowest BCUT2D eigenvalue weighted by Gasteiger charge is -2.16. The lowest BCUT2D eigenvalue weighted by molar-refractivity contribution is -0.119. The summed E-state index contributed by atoms with van der Waals surface area (Å²) in [7, 11) is 1.60. The van der Waals surface area contributed by atoms with Crippen LogP contribution in [0.3, 0.4) is 0 Å². The first-order chi connectivity index (χ1) is 11.4. The molecule has 3 rings (SSSR count). The Kier molecular flexibility index (Phi) is 4.01. The number of hydrogen-bond acceptors (Lipinski definition) is 3. The van der Waals surface area contributed by atoms with Crippen LogP contribution in [0.1, 0.15) is 35.3 Å². The van der Waals surface area contributed by atoms with E-state index in [1.165, 1.54) is 0 Å². The molecule has 5 nitrogen and oxygen atoms in total. The molecule has 1 aliphatic rings. The molecule has 1 heterocycles. The van der Waals surface area contributed by atoms with Gasteiger partial charge in [0.15, 0.2) is 0 Å². The highest BCUT2D eigenvalue weighted by Crippen LogP contribution is 2.37. The highest BCUT2D eigenvalue weighted by Gasteiger charge is 2.38. The summed E-state index contributed by atoms with van der Waals surface area (Å²) in [6.45, 7) is 4.08. The quantitative estimate of drug-likeness (QED) is 0.909. The topological polar surface area (TPSA) is 67.4 Å². The minimum Gasteiger partial charge on any atom is -0.496 e. The fourth-order valence-corrected chi connectivity index (χ4v) is 2.84. The number of hydrogen-bond donors (Lipinski definition) is 2. The zero-order chi connectivity index (χ0) is 17.3. The molecule has 0 saturated heterocycles. The van der Waals surface area contributed by atoms with E-state index in [2.05, 4.69) is 10.6 Å². The largest absolute Gasteiger partial charge is 0.496 e. The molecule has 2 aromatic rings. The van der Waals surface area contributed by atoms with E-state index in [1.807, 2.05) is 38.1 Å². The second kappa shape index (κ2) is 6.00. The molecule has 5 heteroatoms. The number of para-hydroxylation sites is 1. The second-order valence-electron chi connectivity index (χ2n) is 6.33. The van der Waals surface area contributed by atoms with E-state index < -0.39 is 5.41 Å². The summed E-state index contributed by atoms with van der Waals surface area (Å²) in [5, 5.41) is 5.73. The fourth-order valence-electron chi connectivity index (χ4n) is 2.84. The molecular weight excluding hydrogens is 304 g/mol. The van der Waals surface area contributed by atoms with E-state index in [-0.39, 0.29) is 11.8 Å². The van der Waals surface area contributed by atoms with E-state index in [4.69, 9.17) is 4.74 Å². The van der Waals surface area contributed by atoms with Gasteiger partial charge in [-0.05, 0) is 43.7 Å².